The van der Waals surface area contributed by atoms with Crippen molar-refractivity contribution in [2.24, 2.45) is 7.05 Å². The van der Waals surface area contributed by atoms with Crippen LogP contribution in [0.4, 0.5) is 14.5 Å². The molecule has 2 N–H and O–H groups in total. The second-order valence-electron chi connectivity index (χ2n) is 3.14. The Kier molecular flexibility index (Phi) is 1.87. The van der Waals surface area contributed by atoms with Crippen molar-refractivity contribution in [2.75, 3.05) is 5.73 Å². The molecule has 5 heteroatoms. The number of hydrogen-bond donors (Lipinski definition) is 1. The maximum atomic E-state index is 12.4. The molecule has 2 rings (SSSR count). The summed E-state index contributed by atoms with van der Waals surface area (Å²) in [5, 5.41) is 4.80. The number of anilines is 1. The fourth-order valence-corrected chi connectivity index (χ4v) is 1.42. The molecule has 1 aromatic heterocycles. The van der Waals surface area contributed by atoms with Gasteiger partial charge in [-0.1, -0.05) is 0 Å². The van der Waals surface area contributed by atoms with E-state index in [1.54, 1.807) is 17.9 Å². The van der Waals surface area contributed by atoms with Crippen molar-refractivity contribution >= 4 is 16.6 Å². The van der Waals surface area contributed by atoms with E-state index in [0.29, 0.717) is 5.52 Å². The summed E-state index contributed by atoms with van der Waals surface area (Å²) in [5.41, 5.74) is 5.97. The van der Waals surface area contributed by atoms with Gasteiger partial charge in [0, 0.05) is 29.9 Å². The highest BCUT2D eigenvalue weighted by atomic mass is 19.3. The van der Waals surface area contributed by atoms with Crippen LogP contribution >= 0.6 is 0 Å². The van der Waals surface area contributed by atoms with Crippen LogP contribution in [0.3, 0.4) is 0 Å². The van der Waals surface area contributed by atoms with E-state index in [9.17, 15) is 8.78 Å². The number of nitrogen functional groups attached to an aromatic ring is 1. The Morgan fingerprint density at radius 2 is 2.14 bits per heavy atom. The number of benzene rings is 1. The fraction of sp³-hybridized carbons (Fsp3) is 0.222. The molecule has 0 bridgehead atoms. The van der Waals surface area contributed by atoms with Crippen LogP contribution in [0.5, 0.6) is 0 Å². The van der Waals surface area contributed by atoms with Crippen molar-refractivity contribution in [3.63, 3.8) is 0 Å². The average molecular weight is 197 g/mol. The average Bonchev–Trinajstić information content (AvgIpc) is 2.42. The van der Waals surface area contributed by atoms with E-state index in [-0.39, 0.29) is 11.3 Å². The van der Waals surface area contributed by atoms with Crippen molar-refractivity contribution in [3.05, 3.63) is 23.9 Å². The quantitative estimate of drug-likeness (QED) is 0.711. The Balaban J connectivity index is 2.70. The first-order chi connectivity index (χ1) is 6.58. The first-order valence-corrected chi connectivity index (χ1v) is 4.09. The van der Waals surface area contributed by atoms with Crippen LogP contribution in [0.2, 0.25) is 0 Å². The highest BCUT2D eigenvalue weighted by molar-refractivity contribution is 5.83. The molecule has 0 amide bonds. The predicted molar refractivity (Wildman–Crippen MR) is 50.1 cm³/mol. The van der Waals surface area contributed by atoms with E-state index in [1.165, 1.54) is 12.1 Å². The fourth-order valence-electron chi connectivity index (χ4n) is 1.42. The number of alkyl halides is 2. The van der Waals surface area contributed by atoms with Crippen LogP contribution in [0.1, 0.15) is 12.0 Å². The van der Waals surface area contributed by atoms with Gasteiger partial charge < -0.3 is 5.73 Å². The van der Waals surface area contributed by atoms with E-state index in [1.807, 2.05) is 0 Å². The molecule has 3 nitrogen and oxygen atoms in total. The zero-order chi connectivity index (χ0) is 10.3. The molecule has 0 saturated carbocycles. The van der Waals surface area contributed by atoms with Crippen molar-refractivity contribution in [3.8, 4) is 0 Å². The molecule has 0 spiro atoms. The third-order valence-corrected chi connectivity index (χ3v) is 2.06. The van der Waals surface area contributed by atoms with Gasteiger partial charge in [0.25, 0.3) is 6.43 Å². The molecule has 2 aromatic rings. The topological polar surface area (TPSA) is 43.8 Å². The number of nitrogens with two attached hydrogens (primary N) is 1. The summed E-state index contributed by atoms with van der Waals surface area (Å²) in [6.07, 6.45) is -0.817. The van der Waals surface area contributed by atoms with E-state index < -0.39 is 6.43 Å². The highest BCUT2D eigenvalue weighted by Crippen LogP contribution is 2.28. The third kappa shape index (κ3) is 1.30. The highest BCUT2D eigenvalue weighted by Gasteiger charge is 2.13. The molecule has 74 valence electrons. The minimum absolute atomic E-state index is 0.112. The van der Waals surface area contributed by atoms with Crippen molar-refractivity contribution in [1.82, 2.24) is 9.78 Å². The summed E-state index contributed by atoms with van der Waals surface area (Å²) >= 11 is 0. The number of aromatic nitrogens is 2. The van der Waals surface area contributed by atoms with Crippen LogP contribution in [0.25, 0.3) is 10.9 Å². The van der Waals surface area contributed by atoms with Crippen molar-refractivity contribution in [1.29, 1.82) is 0 Å². The standard InChI is InChI=1S/C9H9F2N3/c1-14-4-5-2-7(12)6(9(10)11)3-8(5)13-14/h2-4,9H,12H2,1H3. The van der Waals surface area contributed by atoms with Crippen LogP contribution in [-0.2, 0) is 7.05 Å². The molecule has 0 fully saturated rings. The van der Waals surface area contributed by atoms with E-state index in [0.717, 1.165) is 5.39 Å². The van der Waals surface area contributed by atoms with Crippen molar-refractivity contribution in [2.45, 2.75) is 6.43 Å². The zero-order valence-corrected chi connectivity index (χ0v) is 7.54. The Morgan fingerprint density at radius 1 is 1.43 bits per heavy atom. The number of aryl methyl sites for hydroxylation is 1. The van der Waals surface area contributed by atoms with Gasteiger partial charge in [-0.3, -0.25) is 4.68 Å². The maximum Gasteiger partial charge on any atom is 0.265 e. The van der Waals surface area contributed by atoms with Crippen LogP contribution in [0, 0.1) is 0 Å². The number of rotatable bonds is 1. The van der Waals surface area contributed by atoms with Gasteiger partial charge in [0.2, 0.25) is 0 Å². The van der Waals surface area contributed by atoms with Gasteiger partial charge in [-0.2, -0.15) is 5.10 Å². The van der Waals surface area contributed by atoms with Gasteiger partial charge in [0.1, 0.15) is 0 Å². The minimum Gasteiger partial charge on any atom is -0.398 e. The largest absolute Gasteiger partial charge is 0.398 e. The van der Waals surface area contributed by atoms with Gasteiger partial charge >= 0.3 is 0 Å². The number of halogens is 2. The second-order valence-corrected chi connectivity index (χ2v) is 3.14. The third-order valence-electron chi connectivity index (χ3n) is 2.06. The monoisotopic (exact) mass is 197 g/mol. The van der Waals surface area contributed by atoms with Gasteiger partial charge in [-0.05, 0) is 12.1 Å². The first kappa shape index (κ1) is 8.93. The van der Waals surface area contributed by atoms with Crippen molar-refractivity contribution < 1.29 is 8.78 Å². The van der Waals surface area contributed by atoms with E-state index >= 15 is 0 Å². The molecule has 0 aliphatic rings. The SMILES string of the molecule is Cn1cc2cc(N)c(C(F)F)cc2n1. The van der Waals surface area contributed by atoms with Gasteiger partial charge in [0.05, 0.1) is 5.52 Å². The molecule has 0 unspecified atom stereocenters. The molecule has 0 saturated heterocycles. The lowest BCUT2D eigenvalue weighted by atomic mass is 10.1. The minimum atomic E-state index is -2.55. The van der Waals surface area contributed by atoms with Crippen LogP contribution < -0.4 is 5.73 Å². The van der Waals surface area contributed by atoms with Gasteiger partial charge in [-0.25, -0.2) is 8.78 Å². The summed E-state index contributed by atoms with van der Waals surface area (Å²) in [4.78, 5) is 0. The molecule has 1 aromatic carbocycles. The Labute approximate surface area is 79.1 Å². The van der Waals surface area contributed by atoms with Crippen LogP contribution in [-0.4, -0.2) is 9.78 Å². The lowest BCUT2D eigenvalue weighted by Crippen LogP contribution is -1.94. The Hall–Kier alpha value is -1.65. The number of hydrogen-bond acceptors (Lipinski definition) is 2. The molecular formula is C9H9F2N3. The molecule has 0 aliphatic carbocycles. The molecule has 14 heavy (non-hydrogen) atoms. The maximum absolute atomic E-state index is 12.4. The normalized spacial score (nSPS) is 11.4. The Morgan fingerprint density at radius 3 is 2.79 bits per heavy atom. The lowest BCUT2D eigenvalue weighted by Gasteiger charge is -2.03. The molecule has 0 atom stereocenters. The molecule has 0 radical (unpaired) electrons. The summed E-state index contributed by atoms with van der Waals surface area (Å²) in [6.45, 7) is 0. The molecule has 1 heterocycles. The van der Waals surface area contributed by atoms with Gasteiger partial charge in [-0.15, -0.1) is 0 Å². The van der Waals surface area contributed by atoms with Crippen LogP contribution in [0.15, 0.2) is 18.3 Å². The second kappa shape index (κ2) is 2.94. The predicted octanol–water partition coefficient (Wildman–Crippen LogP) is 2.09. The number of fused-ring (bicyclic) bond motifs is 1. The summed E-state index contributed by atoms with van der Waals surface area (Å²) in [5.74, 6) is 0. The van der Waals surface area contributed by atoms with Gasteiger partial charge in [0.15, 0.2) is 0 Å². The van der Waals surface area contributed by atoms with E-state index in [4.69, 9.17) is 5.73 Å². The summed E-state index contributed by atoms with van der Waals surface area (Å²) in [6, 6.07) is 2.85. The summed E-state index contributed by atoms with van der Waals surface area (Å²) < 4.78 is 26.5. The molecular weight excluding hydrogens is 188 g/mol. The number of nitrogens with zero attached hydrogens (tertiary/aromatic N) is 2. The first-order valence-electron chi connectivity index (χ1n) is 4.09. The van der Waals surface area contributed by atoms with E-state index in [2.05, 4.69) is 5.10 Å². The molecule has 0 aliphatic heterocycles. The summed E-state index contributed by atoms with van der Waals surface area (Å²) in [7, 11) is 1.73. The zero-order valence-electron chi connectivity index (χ0n) is 7.54. The smallest absolute Gasteiger partial charge is 0.265 e. The Bertz CT molecular complexity index is 476. The lowest BCUT2D eigenvalue weighted by molar-refractivity contribution is 0.152.